The monoisotopic (exact) mass is 385 g/mol. The fourth-order valence-electron chi connectivity index (χ4n) is 2.67. The van der Waals surface area contributed by atoms with Crippen molar-refractivity contribution in [1.82, 2.24) is 24.2 Å². The lowest BCUT2D eigenvalue weighted by Crippen LogP contribution is -2.27. The van der Waals surface area contributed by atoms with Crippen molar-refractivity contribution in [2.45, 2.75) is 10.8 Å². The number of hydrogen-bond donors (Lipinski definition) is 1. The molecule has 4 aromatic rings. The molecule has 9 heteroatoms. The molecule has 0 atom stereocenters. The fraction of sp³-hybridized carbons (Fsp3) is 0.118. The predicted molar refractivity (Wildman–Crippen MR) is 100 cm³/mol. The van der Waals surface area contributed by atoms with Crippen molar-refractivity contribution >= 4 is 32.5 Å². The van der Waals surface area contributed by atoms with Gasteiger partial charge in [-0.3, -0.25) is 4.98 Å². The number of pyridine rings is 2. The maximum atomic E-state index is 12.3. The molecule has 0 aliphatic carbocycles. The van der Waals surface area contributed by atoms with Gasteiger partial charge in [0.15, 0.2) is 5.65 Å². The van der Waals surface area contributed by atoms with Gasteiger partial charge in [0.25, 0.3) is 0 Å². The number of hydrogen-bond acceptors (Lipinski definition) is 6. The lowest BCUT2D eigenvalue weighted by Gasteiger charge is -2.09. The molecule has 0 fully saturated rings. The van der Waals surface area contributed by atoms with Gasteiger partial charge in [-0.2, -0.15) is 0 Å². The molecule has 1 N–H and O–H groups in total. The maximum absolute atomic E-state index is 12.3. The van der Waals surface area contributed by atoms with E-state index in [2.05, 4.69) is 19.7 Å². The Labute approximate surface area is 154 Å². The second-order valence-corrected chi connectivity index (χ2v) is 8.44. The number of imidazole rings is 1. The Hall–Kier alpha value is -2.62. The van der Waals surface area contributed by atoms with Crippen LogP contribution in [-0.4, -0.2) is 34.5 Å². The third-order valence-corrected chi connectivity index (χ3v) is 6.69. The van der Waals surface area contributed by atoms with Gasteiger partial charge < -0.3 is 4.57 Å². The smallest absolute Gasteiger partial charge is 0.250 e. The summed E-state index contributed by atoms with van der Waals surface area (Å²) in [5.74, 6) is 0.733. The Morgan fingerprint density at radius 1 is 1.08 bits per heavy atom. The molecule has 0 bridgehead atoms. The summed E-state index contributed by atoms with van der Waals surface area (Å²) < 4.78 is 29.4. The van der Waals surface area contributed by atoms with Crippen LogP contribution >= 0.6 is 11.3 Å². The molecule has 0 saturated heterocycles. The van der Waals surface area contributed by atoms with E-state index in [9.17, 15) is 8.42 Å². The number of fused-ring (bicyclic) bond motifs is 1. The molecule has 4 rings (SSSR count). The van der Waals surface area contributed by atoms with Crippen LogP contribution in [0.1, 0.15) is 0 Å². The highest BCUT2D eigenvalue weighted by molar-refractivity contribution is 7.91. The Morgan fingerprint density at radius 2 is 1.92 bits per heavy atom. The minimum atomic E-state index is -3.50. The zero-order chi connectivity index (χ0) is 18.0. The van der Waals surface area contributed by atoms with Crippen LogP contribution in [0.5, 0.6) is 0 Å². The van der Waals surface area contributed by atoms with Crippen LogP contribution in [0.2, 0.25) is 0 Å². The van der Waals surface area contributed by atoms with E-state index in [0.29, 0.717) is 10.8 Å². The average Bonchev–Trinajstić information content (AvgIpc) is 3.31. The number of aromatic nitrogens is 4. The van der Waals surface area contributed by atoms with Crippen molar-refractivity contribution in [3.05, 3.63) is 60.4 Å². The Balaban J connectivity index is 1.64. The number of thiophene rings is 1. The molecular formula is C17H15N5O2S2. The molecule has 0 aromatic carbocycles. The van der Waals surface area contributed by atoms with Crippen LogP contribution in [0.4, 0.5) is 0 Å². The summed E-state index contributed by atoms with van der Waals surface area (Å²) >= 11 is 1.19. The first-order valence-corrected chi connectivity index (χ1v) is 10.3. The minimum absolute atomic E-state index is 0.236. The van der Waals surface area contributed by atoms with Crippen molar-refractivity contribution in [2.75, 3.05) is 6.54 Å². The molecule has 0 amide bonds. The summed E-state index contributed by atoms with van der Waals surface area (Å²) in [6.07, 6.45) is 5.10. The molecular weight excluding hydrogens is 370 g/mol. The largest absolute Gasteiger partial charge is 0.307 e. The van der Waals surface area contributed by atoms with E-state index in [1.54, 1.807) is 36.1 Å². The van der Waals surface area contributed by atoms with E-state index in [-0.39, 0.29) is 6.54 Å². The third-order valence-electron chi connectivity index (χ3n) is 3.83. The van der Waals surface area contributed by atoms with Crippen LogP contribution in [0.25, 0.3) is 22.6 Å². The van der Waals surface area contributed by atoms with Crippen LogP contribution < -0.4 is 4.72 Å². The van der Waals surface area contributed by atoms with Gasteiger partial charge in [0.1, 0.15) is 15.6 Å². The molecule has 0 radical (unpaired) electrons. The molecule has 0 spiro atoms. The van der Waals surface area contributed by atoms with E-state index < -0.39 is 10.0 Å². The first-order chi connectivity index (χ1) is 12.6. The zero-order valence-electron chi connectivity index (χ0n) is 13.6. The normalized spacial score (nSPS) is 11.8. The minimum Gasteiger partial charge on any atom is -0.307 e. The maximum Gasteiger partial charge on any atom is 0.250 e. The number of nitrogens with zero attached hydrogens (tertiary/aromatic N) is 4. The van der Waals surface area contributed by atoms with Gasteiger partial charge in [-0.25, -0.2) is 23.1 Å². The van der Waals surface area contributed by atoms with Gasteiger partial charge in [-0.1, -0.05) is 6.07 Å². The highest BCUT2D eigenvalue weighted by Gasteiger charge is 2.17. The van der Waals surface area contributed by atoms with Gasteiger partial charge in [0.2, 0.25) is 10.0 Å². The first kappa shape index (κ1) is 16.8. The molecule has 0 aliphatic heterocycles. The molecule has 4 aromatic heterocycles. The van der Waals surface area contributed by atoms with Crippen LogP contribution in [0.15, 0.2) is 64.6 Å². The second kappa shape index (κ2) is 6.94. The van der Waals surface area contributed by atoms with Crippen molar-refractivity contribution in [1.29, 1.82) is 0 Å². The van der Waals surface area contributed by atoms with E-state index in [1.807, 2.05) is 28.8 Å². The molecule has 0 unspecified atom stereocenters. The lowest BCUT2D eigenvalue weighted by molar-refractivity contribution is 0.576. The third kappa shape index (κ3) is 3.24. The second-order valence-electron chi connectivity index (χ2n) is 5.50. The summed E-state index contributed by atoms with van der Waals surface area (Å²) in [5.41, 5.74) is 2.38. The lowest BCUT2D eigenvalue weighted by atomic mass is 10.2. The highest BCUT2D eigenvalue weighted by Crippen LogP contribution is 2.23. The highest BCUT2D eigenvalue weighted by atomic mass is 32.2. The van der Waals surface area contributed by atoms with Gasteiger partial charge in [-0.15, -0.1) is 11.3 Å². The number of nitrogens with one attached hydrogen (secondary N) is 1. The quantitative estimate of drug-likeness (QED) is 0.551. The summed E-state index contributed by atoms with van der Waals surface area (Å²) in [4.78, 5) is 13.1. The van der Waals surface area contributed by atoms with E-state index in [0.717, 1.165) is 22.6 Å². The molecule has 0 saturated carbocycles. The van der Waals surface area contributed by atoms with Gasteiger partial charge in [0, 0.05) is 37.2 Å². The van der Waals surface area contributed by atoms with Crippen molar-refractivity contribution in [3.63, 3.8) is 0 Å². The Kier molecular flexibility index (Phi) is 4.49. The van der Waals surface area contributed by atoms with Crippen LogP contribution in [0, 0.1) is 0 Å². The number of rotatable bonds is 6. The standard InChI is InChI=1S/C17H15N5O2S2/c23-26(24,15-4-2-12-25-15)20-10-11-22-16(13-5-8-18-9-6-13)21-14-3-1-7-19-17(14)22/h1-9,12,20H,10-11H2. The molecule has 26 heavy (non-hydrogen) atoms. The Morgan fingerprint density at radius 3 is 2.69 bits per heavy atom. The predicted octanol–water partition coefficient (Wildman–Crippen LogP) is 2.53. The summed E-state index contributed by atoms with van der Waals surface area (Å²) in [6, 6.07) is 10.8. The van der Waals surface area contributed by atoms with Gasteiger partial charge in [0.05, 0.1) is 0 Å². The summed E-state index contributed by atoms with van der Waals surface area (Å²) in [5, 5.41) is 1.74. The van der Waals surface area contributed by atoms with Crippen molar-refractivity contribution in [2.24, 2.45) is 0 Å². The molecule has 0 aliphatic rings. The van der Waals surface area contributed by atoms with Crippen molar-refractivity contribution in [3.8, 4) is 11.4 Å². The van der Waals surface area contributed by atoms with Gasteiger partial charge in [-0.05, 0) is 35.7 Å². The average molecular weight is 385 g/mol. The van der Waals surface area contributed by atoms with Crippen LogP contribution in [-0.2, 0) is 16.6 Å². The fourth-order valence-corrected chi connectivity index (χ4v) is 4.73. The number of sulfonamides is 1. The topological polar surface area (TPSA) is 89.8 Å². The van der Waals surface area contributed by atoms with E-state index >= 15 is 0 Å². The van der Waals surface area contributed by atoms with Gasteiger partial charge >= 0.3 is 0 Å². The SMILES string of the molecule is O=S(=O)(NCCn1c(-c2ccncc2)nc2cccnc21)c1cccs1. The molecule has 7 nitrogen and oxygen atoms in total. The zero-order valence-corrected chi connectivity index (χ0v) is 15.2. The molecule has 132 valence electrons. The Bertz CT molecular complexity index is 1120. The first-order valence-electron chi connectivity index (χ1n) is 7.90. The van der Waals surface area contributed by atoms with E-state index in [4.69, 9.17) is 0 Å². The summed E-state index contributed by atoms with van der Waals surface area (Å²) in [7, 11) is -3.50. The van der Waals surface area contributed by atoms with Crippen LogP contribution in [0.3, 0.4) is 0 Å². The van der Waals surface area contributed by atoms with E-state index in [1.165, 1.54) is 11.3 Å². The van der Waals surface area contributed by atoms with Crippen molar-refractivity contribution < 1.29 is 8.42 Å². The molecule has 4 heterocycles. The summed E-state index contributed by atoms with van der Waals surface area (Å²) in [6.45, 7) is 0.649.